The van der Waals surface area contributed by atoms with Gasteiger partial charge in [-0.25, -0.2) is 0 Å². The van der Waals surface area contributed by atoms with Crippen LogP contribution in [0.4, 0.5) is 18.9 Å². The average molecular weight is 386 g/mol. The third-order valence-electron chi connectivity index (χ3n) is 4.02. The second-order valence-electron chi connectivity index (χ2n) is 6.00. The van der Waals surface area contributed by atoms with E-state index in [1.807, 2.05) is 0 Å². The number of hydrogen-bond donors (Lipinski definition) is 1. The number of benzene rings is 1. The van der Waals surface area contributed by atoms with Gasteiger partial charge in [-0.1, -0.05) is 5.16 Å². The molecule has 0 radical (unpaired) electrons. The van der Waals surface area contributed by atoms with Crippen molar-refractivity contribution in [3.05, 3.63) is 40.8 Å². The second kappa shape index (κ2) is 8.43. The van der Waals surface area contributed by atoms with Gasteiger partial charge >= 0.3 is 6.18 Å². The number of halogens is 3. The van der Waals surface area contributed by atoms with Gasteiger partial charge in [-0.05, 0) is 39.0 Å². The monoisotopic (exact) mass is 386 g/mol. The topological polar surface area (TPSA) is 73.6 Å². The van der Waals surface area contributed by atoms with E-state index in [0.29, 0.717) is 17.0 Å². The molecule has 2 aromatic rings. The number of rotatable bonds is 7. The first-order chi connectivity index (χ1) is 12.6. The number of nitrogens with zero attached hydrogens (tertiary/aromatic N) is 1. The number of nitrogens with one attached hydrogen (secondary N) is 1. The van der Waals surface area contributed by atoms with E-state index in [0.717, 1.165) is 12.1 Å². The Kier molecular flexibility index (Phi) is 6.48. The van der Waals surface area contributed by atoms with Crippen molar-refractivity contribution in [3.63, 3.8) is 0 Å². The summed E-state index contributed by atoms with van der Waals surface area (Å²) in [7, 11) is 1.48. The molecule has 0 aliphatic rings. The molecule has 1 N–H and O–H groups in total. The molecule has 6 nitrogen and oxygen atoms in total. The molecule has 0 unspecified atom stereocenters. The zero-order valence-electron chi connectivity index (χ0n) is 15.4. The molecule has 0 bridgehead atoms. The summed E-state index contributed by atoms with van der Waals surface area (Å²) in [6.07, 6.45) is -4.54. The number of anilines is 1. The van der Waals surface area contributed by atoms with Crippen LogP contribution in [0.25, 0.3) is 0 Å². The number of alkyl halides is 3. The highest BCUT2D eigenvalue weighted by Gasteiger charge is 2.32. The molecule has 1 amide bonds. The van der Waals surface area contributed by atoms with Crippen molar-refractivity contribution in [2.24, 2.45) is 0 Å². The van der Waals surface area contributed by atoms with Gasteiger partial charge in [-0.2, -0.15) is 13.2 Å². The lowest BCUT2D eigenvalue weighted by molar-refractivity contribution is -0.137. The predicted octanol–water partition coefficient (Wildman–Crippen LogP) is 4.08. The number of methoxy groups -OCH3 is 1. The standard InChI is InChI=1S/C18H21F3N2O4/c1-10(16-11(2)23-27-12(16)3)17(24)22-14-9-13(18(19,20)21)5-6-15(14)26-8-7-25-4/h5-6,9-10H,7-8H2,1-4H3,(H,22,24)/t10-/m0/s1. The Labute approximate surface area is 154 Å². The van der Waals surface area contributed by atoms with E-state index < -0.39 is 23.6 Å². The quantitative estimate of drug-likeness (QED) is 0.726. The van der Waals surface area contributed by atoms with Gasteiger partial charge in [0.05, 0.1) is 29.5 Å². The summed E-state index contributed by atoms with van der Waals surface area (Å²) in [6, 6.07) is 2.92. The van der Waals surface area contributed by atoms with Crippen molar-refractivity contribution in [2.75, 3.05) is 25.6 Å². The largest absolute Gasteiger partial charge is 0.489 e. The zero-order chi connectivity index (χ0) is 20.2. The lowest BCUT2D eigenvalue weighted by atomic mass is 9.98. The summed E-state index contributed by atoms with van der Waals surface area (Å²) >= 11 is 0. The summed E-state index contributed by atoms with van der Waals surface area (Å²) in [5, 5.41) is 6.32. The molecule has 0 spiro atoms. The summed E-state index contributed by atoms with van der Waals surface area (Å²) in [5.41, 5.74) is 0.198. The van der Waals surface area contributed by atoms with Crippen LogP contribution in [-0.2, 0) is 15.7 Å². The zero-order valence-corrected chi connectivity index (χ0v) is 15.4. The molecule has 1 aromatic heterocycles. The van der Waals surface area contributed by atoms with Crippen LogP contribution < -0.4 is 10.1 Å². The molecule has 1 heterocycles. The Hall–Kier alpha value is -2.55. The fourth-order valence-corrected chi connectivity index (χ4v) is 2.65. The minimum absolute atomic E-state index is 0.0652. The SMILES string of the molecule is COCCOc1ccc(C(F)(F)F)cc1NC(=O)[C@@H](C)c1c(C)noc1C. The highest BCUT2D eigenvalue weighted by atomic mass is 19.4. The Morgan fingerprint density at radius 2 is 2.00 bits per heavy atom. The van der Waals surface area contributed by atoms with E-state index in [4.69, 9.17) is 14.0 Å². The predicted molar refractivity (Wildman–Crippen MR) is 91.8 cm³/mol. The fourth-order valence-electron chi connectivity index (χ4n) is 2.65. The van der Waals surface area contributed by atoms with Crippen molar-refractivity contribution < 1.29 is 32.0 Å². The maximum Gasteiger partial charge on any atom is 0.416 e. The molecule has 148 valence electrons. The molecule has 0 saturated carbocycles. The summed E-state index contributed by atoms with van der Waals surface area (Å²) in [5.74, 6) is -0.562. The molecule has 27 heavy (non-hydrogen) atoms. The molecule has 1 atom stereocenters. The summed E-state index contributed by atoms with van der Waals surface area (Å²) < 4.78 is 54.5. The number of carbonyl (C=O) groups is 1. The highest BCUT2D eigenvalue weighted by Crippen LogP contribution is 2.36. The molecular formula is C18H21F3N2O4. The summed E-state index contributed by atoms with van der Waals surface area (Å²) in [4.78, 5) is 12.6. The number of ether oxygens (including phenoxy) is 2. The van der Waals surface area contributed by atoms with Gasteiger partial charge < -0.3 is 19.3 Å². The highest BCUT2D eigenvalue weighted by molar-refractivity contribution is 5.97. The van der Waals surface area contributed by atoms with E-state index in [-0.39, 0.29) is 24.7 Å². The number of amides is 1. The number of hydrogen-bond acceptors (Lipinski definition) is 5. The van der Waals surface area contributed by atoms with E-state index in [9.17, 15) is 18.0 Å². The first-order valence-corrected chi connectivity index (χ1v) is 8.21. The summed E-state index contributed by atoms with van der Waals surface area (Å²) in [6.45, 7) is 5.37. The number of aromatic nitrogens is 1. The van der Waals surface area contributed by atoms with Crippen LogP contribution in [0.2, 0.25) is 0 Å². The third kappa shape index (κ3) is 5.00. The van der Waals surface area contributed by atoms with Gasteiger partial charge in [0.1, 0.15) is 18.1 Å². The molecule has 9 heteroatoms. The fraction of sp³-hybridized carbons (Fsp3) is 0.444. The molecule has 2 rings (SSSR count). The van der Waals surface area contributed by atoms with Gasteiger partial charge in [0.15, 0.2) is 0 Å². The van der Waals surface area contributed by atoms with Crippen molar-refractivity contribution >= 4 is 11.6 Å². The molecule has 1 aromatic carbocycles. The Morgan fingerprint density at radius 1 is 1.30 bits per heavy atom. The van der Waals surface area contributed by atoms with Gasteiger partial charge in [0, 0.05) is 12.7 Å². The van der Waals surface area contributed by atoms with Crippen LogP contribution in [0.15, 0.2) is 22.7 Å². The number of aryl methyl sites for hydroxylation is 2. The first kappa shape index (κ1) is 20.8. The van der Waals surface area contributed by atoms with Crippen molar-refractivity contribution in [3.8, 4) is 5.75 Å². The van der Waals surface area contributed by atoms with Crippen LogP contribution in [0.5, 0.6) is 5.75 Å². The van der Waals surface area contributed by atoms with E-state index >= 15 is 0 Å². The maximum atomic E-state index is 13.0. The molecular weight excluding hydrogens is 365 g/mol. The first-order valence-electron chi connectivity index (χ1n) is 8.21. The molecule has 0 aliphatic carbocycles. The van der Waals surface area contributed by atoms with Crippen molar-refractivity contribution in [1.82, 2.24) is 5.16 Å². The second-order valence-corrected chi connectivity index (χ2v) is 6.00. The van der Waals surface area contributed by atoms with E-state index in [1.54, 1.807) is 20.8 Å². The number of carbonyl (C=O) groups excluding carboxylic acids is 1. The van der Waals surface area contributed by atoms with Gasteiger partial charge in [0.25, 0.3) is 0 Å². The normalized spacial score (nSPS) is 12.7. The van der Waals surface area contributed by atoms with Crippen LogP contribution >= 0.6 is 0 Å². The molecule has 0 fully saturated rings. The van der Waals surface area contributed by atoms with Gasteiger partial charge in [-0.3, -0.25) is 4.79 Å². The maximum absolute atomic E-state index is 13.0. The van der Waals surface area contributed by atoms with E-state index in [1.165, 1.54) is 13.2 Å². The van der Waals surface area contributed by atoms with Crippen LogP contribution in [-0.4, -0.2) is 31.4 Å². The van der Waals surface area contributed by atoms with Crippen LogP contribution in [0.1, 0.15) is 35.4 Å². The van der Waals surface area contributed by atoms with Crippen molar-refractivity contribution in [2.45, 2.75) is 32.9 Å². The Morgan fingerprint density at radius 3 is 2.56 bits per heavy atom. The average Bonchev–Trinajstić information content (AvgIpc) is 2.93. The van der Waals surface area contributed by atoms with Gasteiger partial charge in [0.2, 0.25) is 5.91 Å². The lowest BCUT2D eigenvalue weighted by Crippen LogP contribution is -2.21. The van der Waals surface area contributed by atoms with Crippen molar-refractivity contribution in [1.29, 1.82) is 0 Å². The van der Waals surface area contributed by atoms with E-state index in [2.05, 4.69) is 10.5 Å². The minimum Gasteiger partial charge on any atom is -0.489 e. The molecule has 0 aliphatic heterocycles. The van der Waals surface area contributed by atoms with Crippen LogP contribution in [0.3, 0.4) is 0 Å². The lowest BCUT2D eigenvalue weighted by Gasteiger charge is -2.17. The third-order valence-corrected chi connectivity index (χ3v) is 4.02. The van der Waals surface area contributed by atoms with Crippen LogP contribution in [0, 0.1) is 13.8 Å². The minimum atomic E-state index is -4.54. The molecule has 0 saturated heterocycles. The smallest absolute Gasteiger partial charge is 0.416 e. The van der Waals surface area contributed by atoms with Gasteiger partial charge in [-0.15, -0.1) is 0 Å². The Bertz CT molecular complexity index is 783. The Balaban J connectivity index is 2.29.